The van der Waals surface area contributed by atoms with Crippen molar-refractivity contribution in [3.8, 4) is 39.7 Å². The van der Waals surface area contributed by atoms with Crippen LogP contribution in [0.15, 0.2) is 200 Å². The minimum atomic E-state index is -0.156. The van der Waals surface area contributed by atoms with Gasteiger partial charge in [-0.15, -0.1) is 30.3 Å². The molecule has 0 N–H and O–H groups in total. The number of hydrogen-bond donors (Lipinski definition) is 0. The van der Waals surface area contributed by atoms with E-state index in [4.69, 9.17) is 9.72 Å². The summed E-state index contributed by atoms with van der Waals surface area (Å²) in [7, 11) is 0. The van der Waals surface area contributed by atoms with Crippen molar-refractivity contribution in [1.29, 1.82) is 0 Å². The van der Waals surface area contributed by atoms with Crippen LogP contribution in [0.4, 0.5) is 22.9 Å². The van der Waals surface area contributed by atoms with Gasteiger partial charge in [0.25, 0.3) is 6.33 Å². The van der Waals surface area contributed by atoms with Gasteiger partial charge in [0, 0.05) is 66.5 Å². The molecule has 0 fully saturated rings. The van der Waals surface area contributed by atoms with E-state index < -0.39 is 0 Å². The third-order valence-electron chi connectivity index (χ3n) is 12.2. The van der Waals surface area contributed by atoms with Gasteiger partial charge in [-0.3, -0.25) is 4.57 Å². The van der Waals surface area contributed by atoms with Crippen molar-refractivity contribution >= 4 is 68.2 Å². The van der Waals surface area contributed by atoms with Gasteiger partial charge in [-0.25, -0.2) is 4.98 Å². The average molecular weight is 988 g/mol. The molecule has 2 aliphatic rings. The zero-order chi connectivity index (χ0) is 40.7. The van der Waals surface area contributed by atoms with E-state index in [1.165, 1.54) is 27.4 Å². The molecule has 8 aromatic carbocycles. The topological polar surface area (TPSA) is 42.3 Å². The first-order valence-corrected chi connectivity index (χ1v) is 20.8. The molecular formula is C54H33BN6OPt-2. The van der Waals surface area contributed by atoms with Crippen LogP contribution in [0.3, 0.4) is 0 Å². The first kappa shape index (κ1) is 37.1. The molecule has 0 saturated heterocycles. The van der Waals surface area contributed by atoms with E-state index in [0.717, 1.165) is 62.0 Å². The molecule has 300 valence electrons. The number of ether oxygens (including phenoxy) is 1. The van der Waals surface area contributed by atoms with Gasteiger partial charge in [0.15, 0.2) is 0 Å². The van der Waals surface area contributed by atoms with E-state index in [-0.39, 0.29) is 28.0 Å². The van der Waals surface area contributed by atoms with Gasteiger partial charge >= 0.3 is 6.98 Å². The molecule has 5 heterocycles. The number of pyridine rings is 1. The summed E-state index contributed by atoms with van der Waals surface area (Å²) in [5, 5.41) is 2.38. The van der Waals surface area contributed by atoms with Crippen molar-refractivity contribution in [2.45, 2.75) is 0 Å². The van der Waals surface area contributed by atoms with Crippen LogP contribution in [0.25, 0.3) is 61.0 Å². The Morgan fingerprint density at radius 1 is 0.540 bits per heavy atom. The van der Waals surface area contributed by atoms with Crippen LogP contribution in [0.5, 0.6) is 11.5 Å². The summed E-state index contributed by atoms with van der Waals surface area (Å²) in [6.45, 7) is -0.156. The molecule has 0 bridgehead atoms. The summed E-state index contributed by atoms with van der Waals surface area (Å²) >= 11 is 0. The molecule has 0 atom stereocenters. The Hall–Kier alpha value is -7.67. The van der Waals surface area contributed by atoms with Gasteiger partial charge in [-0.05, 0) is 59.2 Å². The van der Waals surface area contributed by atoms with Crippen LogP contribution in [0.1, 0.15) is 0 Å². The Morgan fingerprint density at radius 2 is 1.27 bits per heavy atom. The number of para-hydroxylation sites is 6. The van der Waals surface area contributed by atoms with Gasteiger partial charge in [-0.1, -0.05) is 133 Å². The van der Waals surface area contributed by atoms with Crippen LogP contribution in [-0.4, -0.2) is 21.1 Å². The van der Waals surface area contributed by atoms with E-state index in [2.05, 4.69) is 200 Å². The Balaban J connectivity index is 0.00000421. The first-order chi connectivity index (χ1) is 30.8. The fraction of sp³-hybridized carbons (Fsp3) is 0. The summed E-state index contributed by atoms with van der Waals surface area (Å²) in [5.41, 5.74) is 13.9. The number of imidazole rings is 1. The maximum atomic E-state index is 6.69. The maximum Gasteiger partial charge on any atom is 0.409 e. The minimum Gasteiger partial charge on any atom is -0.510 e. The van der Waals surface area contributed by atoms with Crippen LogP contribution >= 0.6 is 0 Å². The molecule has 9 heteroatoms. The van der Waals surface area contributed by atoms with Crippen molar-refractivity contribution in [2.24, 2.45) is 0 Å². The quantitative estimate of drug-likeness (QED) is 0.0946. The van der Waals surface area contributed by atoms with E-state index in [0.29, 0.717) is 11.5 Å². The Labute approximate surface area is 378 Å². The predicted molar refractivity (Wildman–Crippen MR) is 248 cm³/mol. The second-order valence-electron chi connectivity index (χ2n) is 15.6. The third-order valence-corrected chi connectivity index (χ3v) is 12.2. The number of aromatic nitrogens is 4. The average Bonchev–Trinajstić information content (AvgIpc) is 4.01. The van der Waals surface area contributed by atoms with Gasteiger partial charge in [0.2, 0.25) is 0 Å². The van der Waals surface area contributed by atoms with Crippen LogP contribution in [0.2, 0.25) is 0 Å². The number of anilines is 4. The number of benzene rings is 8. The van der Waals surface area contributed by atoms with E-state index in [1.54, 1.807) is 0 Å². The van der Waals surface area contributed by atoms with Crippen molar-refractivity contribution in [2.75, 3.05) is 9.62 Å². The van der Waals surface area contributed by atoms with Crippen molar-refractivity contribution in [1.82, 2.24) is 14.1 Å². The SMILES string of the molecule is [Pt].[c-]1c(Oc2[c-]c3c(cc2)N2B(c4ccccc4-c4ccccc42)N3c2ccccn2)cccc1-n1[c-][n+](-c2cccc3c4ccccc4n(-c4ccccc4)c23)c2ccccc21. The van der Waals surface area contributed by atoms with E-state index in [9.17, 15) is 0 Å². The largest absolute Gasteiger partial charge is 0.510 e. The Bertz CT molecular complexity index is 3550. The monoisotopic (exact) mass is 987 g/mol. The summed E-state index contributed by atoms with van der Waals surface area (Å²) in [5.74, 6) is 1.98. The predicted octanol–water partition coefficient (Wildman–Crippen LogP) is 11.3. The zero-order valence-corrected chi connectivity index (χ0v) is 35.8. The van der Waals surface area contributed by atoms with Crippen molar-refractivity contribution in [3.05, 3.63) is 219 Å². The van der Waals surface area contributed by atoms with Gasteiger partial charge in [-0.2, -0.15) is 12.1 Å². The Morgan fingerprint density at radius 3 is 2.16 bits per heavy atom. The first-order valence-electron chi connectivity index (χ1n) is 20.8. The molecular weight excluding hydrogens is 955 g/mol. The molecule has 0 radical (unpaired) electrons. The summed E-state index contributed by atoms with van der Waals surface area (Å²) < 4.78 is 13.3. The molecule has 0 unspecified atom stereocenters. The van der Waals surface area contributed by atoms with Crippen LogP contribution in [0, 0.1) is 18.5 Å². The minimum absolute atomic E-state index is 0. The second-order valence-corrected chi connectivity index (χ2v) is 15.6. The third kappa shape index (κ3) is 5.72. The van der Waals surface area contributed by atoms with Crippen molar-refractivity contribution in [3.63, 3.8) is 0 Å². The molecule has 3 aromatic heterocycles. The fourth-order valence-electron chi connectivity index (χ4n) is 9.61. The van der Waals surface area contributed by atoms with E-state index in [1.807, 2.05) is 42.6 Å². The van der Waals surface area contributed by atoms with Crippen LogP contribution in [-0.2, 0) is 21.1 Å². The maximum absolute atomic E-state index is 6.69. The smallest absolute Gasteiger partial charge is 0.409 e. The molecule has 11 aromatic rings. The standard InChI is InChI=1S/C54H33BN6O.Pt/c1-2-16-37(17-3-1)59-46-25-8-5-22-43(46)44-23-15-29-51(54(44)59)58-36-57(48-27-10-11-28-49(48)58)38-18-14-19-39(34-38)62-40-31-32-50-52(35-40)61(53-30-12-13-33-56-53)55-45-24-7-4-20-41(45)42-21-6-9-26-47(42)60(50)55;/h1-33H;/q-2;. The van der Waals surface area contributed by atoms with Gasteiger partial charge in [0.1, 0.15) is 5.82 Å². The number of hydrogen-bond acceptors (Lipinski definition) is 4. The summed E-state index contributed by atoms with van der Waals surface area (Å²) in [6.07, 6.45) is 5.58. The molecule has 63 heavy (non-hydrogen) atoms. The molecule has 0 spiro atoms. The van der Waals surface area contributed by atoms with Gasteiger partial charge in [0.05, 0.1) is 27.8 Å². The zero-order valence-electron chi connectivity index (χ0n) is 33.5. The number of rotatable bonds is 6. The molecule has 0 aliphatic carbocycles. The number of nitrogens with zero attached hydrogens (tertiary/aromatic N) is 6. The summed E-state index contributed by atoms with van der Waals surface area (Å²) in [4.78, 5) is 9.53. The second kappa shape index (κ2) is 14.8. The molecule has 2 aliphatic heterocycles. The normalized spacial score (nSPS) is 12.5. The van der Waals surface area contributed by atoms with Gasteiger partial charge < -0.3 is 23.5 Å². The fourth-order valence-corrected chi connectivity index (χ4v) is 9.61. The van der Waals surface area contributed by atoms with Crippen LogP contribution < -0.4 is 24.4 Å². The Kier molecular flexibility index (Phi) is 8.70. The molecule has 0 saturated carbocycles. The molecule has 0 amide bonds. The van der Waals surface area contributed by atoms with Crippen molar-refractivity contribution < 1.29 is 30.4 Å². The number of fused-ring (bicyclic) bond motifs is 12. The molecule has 7 nitrogen and oxygen atoms in total. The van der Waals surface area contributed by atoms with E-state index >= 15 is 0 Å². The summed E-state index contributed by atoms with van der Waals surface area (Å²) in [6, 6.07) is 74.8. The molecule has 13 rings (SSSR count).